The molecule has 1 aliphatic carbocycles. The summed E-state index contributed by atoms with van der Waals surface area (Å²) in [5, 5.41) is 0. The quantitative estimate of drug-likeness (QED) is 0.789. The monoisotopic (exact) mass is 323 g/mol. The maximum Gasteiger partial charge on any atom is 0.413 e. The Bertz CT molecular complexity index is 491. The van der Waals surface area contributed by atoms with Crippen LogP contribution in [0.3, 0.4) is 0 Å². The fourth-order valence-corrected chi connectivity index (χ4v) is 3.51. The fraction of sp³-hybridized carbons (Fsp3) is 0.778. The Morgan fingerprint density at radius 2 is 2.04 bits per heavy atom. The largest absolute Gasteiger partial charge is 0.441 e. The Hall–Kier alpha value is -1.36. The molecule has 0 aromatic carbocycles. The Labute approximate surface area is 139 Å². The third-order valence-corrected chi connectivity index (χ3v) is 4.55. The first-order chi connectivity index (χ1) is 10.7. The summed E-state index contributed by atoms with van der Waals surface area (Å²) in [7, 11) is 0. The van der Waals surface area contributed by atoms with E-state index in [2.05, 4.69) is 6.92 Å². The molecule has 23 heavy (non-hydrogen) atoms. The molecule has 1 saturated heterocycles. The normalized spacial score (nSPS) is 24.3. The van der Waals surface area contributed by atoms with Crippen LogP contribution in [0.25, 0.3) is 0 Å². The minimum Gasteiger partial charge on any atom is -0.441 e. The lowest BCUT2D eigenvalue weighted by Crippen LogP contribution is -2.53. The van der Waals surface area contributed by atoms with Gasteiger partial charge in [0.2, 0.25) is 0 Å². The molecule has 0 unspecified atom stereocenters. The predicted molar refractivity (Wildman–Crippen MR) is 88.1 cm³/mol. The third-order valence-electron chi connectivity index (χ3n) is 4.55. The number of hydrogen-bond donors (Lipinski definition) is 0. The van der Waals surface area contributed by atoms with E-state index in [1.165, 1.54) is 0 Å². The molecule has 0 saturated carbocycles. The predicted octanol–water partition coefficient (Wildman–Crippen LogP) is 3.82. The molecule has 0 radical (unpaired) electrons. The van der Waals surface area contributed by atoms with Crippen LogP contribution < -0.4 is 0 Å². The van der Waals surface area contributed by atoms with Gasteiger partial charge in [0.15, 0.2) is 5.78 Å². The first-order valence-corrected chi connectivity index (χ1v) is 8.55. The first-order valence-electron chi connectivity index (χ1n) is 8.55. The van der Waals surface area contributed by atoms with Crippen molar-refractivity contribution in [1.29, 1.82) is 0 Å². The van der Waals surface area contributed by atoms with E-state index in [-0.39, 0.29) is 18.0 Å². The number of allylic oxidation sites excluding steroid dienone is 1. The Kier molecular flexibility index (Phi) is 5.19. The third kappa shape index (κ3) is 3.94. The van der Waals surface area contributed by atoms with Gasteiger partial charge in [-0.15, -0.1) is 0 Å². The number of ketones is 1. The van der Waals surface area contributed by atoms with Gasteiger partial charge in [-0.05, 0) is 58.6 Å². The summed E-state index contributed by atoms with van der Waals surface area (Å²) in [5.74, 6) is 0.133. The molecule has 0 spiro atoms. The van der Waals surface area contributed by atoms with Crippen LogP contribution in [0.15, 0.2) is 11.6 Å². The number of rotatable bonds is 4. The van der Waals surface area contributed by atoms with Gasteiger partial charge in [-0.25, -0.2) is 4.79 Å². The van der Waals surface area contributed by atoms with Crippen molar-refractivity contribution in [3.63, 3.8) is 0 Å². The Morgan fingerprint density at radius 3 is 2.57 bits per heavy atom. The number of nitrogens with zero attached hydrogens (tertiary/aromatic N) is 1. The van der Waals surface area contributed by atoms with Crippen LogP contribution in [0, 0.1) is 0 Å². The molecule has 1 aliphatic heterocycles. The van der Waals surface area contributed by atoms with Gasteiger partial charge < -0.3 is 9.47 Å². The van der Waals surface area contributed by atoms with Crippen molar-refractivity contribution in [2.24, 2.45) is 0 Å². The molecule has 1 fully saturated rings. The maximum absolute atomic E-state index is 12.8. The van der Waals surface area contributed by atoms with Crippen molar-refractivity contribution in [3.8, 4) is 0 Å². The van der Waals surface area contributed by atoms with Gasteiger partial charge in [-0.2, -0.15) is 0 Å². The molecule has 5 heteroatoms. The number of carbonyl (C=O) groups is 2. The standard InChI is InChI=1S/C18H29NO4/c1-6-8-15(13-9-7-10-14(20)11-13)23-16(21)19-17(2,3)12-22-18(19,4)5/h11,15H,6-10,12H2,1-5H3/t15-/m1/s1. The number of ether oxygens (including phenoxy) is 2. The maximum atomic E-state index is 12.8. The number of carbonyl (C=O) groups excluding carboxylic acids is 2. The van der Waals surface area contributed by atoms with E-state index in [0.717, 1.165) is 31.3 Å². The zero-order chi connectivity index (χ0) is 17.3. The number of hydrogen-bond acceptors (Lipinski definition) is 4. The first kappa shape index (κ1) is 18.0. The van der Waals surface area contributed by atoms with Crippen LogP contribution in [0.2, 0.25) is 0 Å². The summed E-state index contributed by atoms with van der Waals surface area (Å²) in [5.41, 5.74) is -0.144. The van der Waals surface area contributed by atoms with Crippen LogP contribution in [-0.2, 0) is 14.3 Å². The molecule has 5 nitrogen and oxygen atoms in total. The fourth-order valence-electron chi connectivity index (χ4n) is 3.51. The van der Waals surface area contributed by atoms with E-state index < -0.39 is 11.3 Å². The molecule has 1 heterocycles. The summed E-state index contributed by atoms with van der Waals surface area (Å²) in [4.78, 5) is 26.2. The summed E-state index contributed by atoms with van der Waals surface area (Å²) in [6.45, 7) is 10.2. The van der Waals surface area contributed by atoms with Gasteiger partial charge in [0.1, 0.15) is 11.8 Å². The van der Waals surface area contributed by atoms with E-state index in [1.54, 1.807) is 11.0 Å². The zero-order valence-electron chi connectivity index (χ0n) is 15.0. The second kappa shape index (κ2) is 6.63. The Balaban J connectivity index is 2.16. The SMILES string of the molecule is CCC[C@@H](OC(=O)N1C(C)(C)COC1(C)C)C1=CC(=O)CCC1. The number of amides is 1. The summed E-state index contributed by atoms with van der Waals surface area (Å²) >= 11 is 0. The van der Waals surface area contributed by atoms with Crippen molar-refractivity contribution in [2.75, 3.05) is 6.61 Å². The molecule has 2 aliphatic rings. The topological polar surface area (TPSA) is 55.8 Å². The van der Waals surface area contributed by atoms with Crippen LogP contribution in [-0.4, -0.2) is 40.8 Å². The lowest BCUT2D eigenvalue weighted by atomic mass is 9.92. The van der Waals surface area contributed by atoms with Crippen LogP contribution in [0.5, 0.6) is 0 Å². The molecule has 0 bridgehead atoms. The van der Waals surface area contributed by atoms with Gasteiger partial charge in [0, 0.05) is 6.42 Å². The highest BCUT2D eigenvalue weighted by Gasteiger charge is 2.50. The minimum atomic E-state index is -0.686. The van der Waals surface area contributed by atoms with Gasteiger partial charge in [-0.1, -0.05) is 13.3 Å². The second-order valence-electron chi connectivity index (χ2n) is 7.58. The minimum absolute atomic E-state index is 0.133. The average molecular weight is 323 g/mol. The van der Waals surface area contributed by atoms with Crippen molar-refractivity contribution in [1.82, 2.24) is 4.90 Å². The molecule has 0 aromatic heterocycles. The molecular formula is C18H29NO4. The van der Waals surface area contributed by atoms with Gasteiger partial charge >= 0.3 is 6.09 Å². The Morgan fingerprint density at radius 1 is 1.35 bits per heavy atom. The van der Waals surface area contributed by atoms with Crippen LogP contribution in [0.4, 0.5) is 4.79 Å². The van der Waals surface area contributed by atoms with E-state index >= 15 is 0 Å². The molecule has 2 rings (SSSR count). The molecule has 0 aromatic rings. The van der Waals surface area contributed by atoms with Crippen molar-refractivity contribution in [2.45, 2.75) is 84.1 Å². The van der Waals surface area contributed by atoms with E-state index in [1.807, 2.05) is 27.7 Å². The van der Waals surface area contributed by atoms with Gasteiger partial charge in [0.25, 0.3) is 0 Å². The smallest absolute Gasteiger partial charge is 0.413 e. The van der Waals surface area contributed by atoms with E-state index in [4.69, 9.17) is 9.47 Å². The van der Waals surface area contributed by atoms with Crippen molar-refractivity contribution in [3.05, 3.63) is 11.6 Å². The molecular weight excluding hydrogens is 294 g/mol. The summed E-state index contributed by atoms with van der Waals surface area (Å²) in [6, 6.07) is 0. The molecule has 1 atom stereocenters. The highest BCUT2D eigenvalue weighted by atomic mass is 16.6. The highest BCUT2D eigenvalue weighted by Crippen LogP contribution is 2.36. The lowest BCUT2D eigenvalue weighted by Gasteiger charge is -2.38. The van der Waals surface area contributed by atoms with Gasteiger partial charge in [0.05, 0.1) is 12.1 Å². The van der Waals surface area contributed by atoms with Crippen LogP contribution >= 0.6 is 0 Å². The highest BCUT2D eigenvalue weighted by molar-refractivity contribution is 5.91. The molecule has 1 amide bonds. The van der Waals surface area contributed by atoms with E-state index in [0.29, 0.717) is 13.0 Å². The molecule has 0 N–H and O–H groups in total. The van der Waals surface area contributed by atoms with E-state index in [9.17, 15) is 9.59 Å². The van der Waals surface area contributed by atoms with Crippen molar-refractivity contribution < 1.29 is 19.1 Å². The lowest BCUT2D eigenvalue weighted by molar-refractivity contribution is -0.115. The second-order valence-corrected chi connectivity index (χ2v) is 7.58. The zero-order valence-corrected chi connectivity index (χ0v) is 15.0. The van der Waals surface area contributed by atoms with Crippen molar-refractivity contribution >= 4 is 11.9 Å². The van der Waals surface area contributed by atoms with Gasteiger partial charge in [-0.3, -0.25) is 9.69 Å². The van der Waals surface area contributed by atoms with Crippen LogP contribution in [0.1, 0.15) is 66.7 Å². The average Bonchev–Trinajstić information content (AvgIpc) is 2.67. The molecule has 130 valence electrons. The summed E-state index contributed by atoms with van der Waals surface area (Å²) in [6.07, 6.45) is 4.88. The summed E-state index contributed by atoms with van der Waals surface area (Å²) < 4.78 is 11.6.